The summed E-state index contributed by atoms with van der Waals surface area (Å²) in [6.45, 7) is 2.08. The molecule has 2 aromatic heterocycles. The lowest BCUT2D eigenvalue weighted by Crippen LogP contribution is -1.81. The van der Waals surface area contributed by atoms with Gasteiger partial charge in [0, 0.05) is 18.6 Å². The third-order valence-electron chi connectivity index (χ3n) is 2.12. The SMILES string of the molecule is Cc1c(CO)cn2ccncc12. The summed E-state index contributed by atoms with van der Waals surface area (Å²) in [6, 6.07) is 0. The van der Waals surface area contributed by atoms with Crippen LogP contribution in [-0.2, 0) is 6.61 Å². The van der Waals surface area contributed by atoms with Gasteiger partial charge >= 0.3 is 0 Å². The van der Waals surface area contributed by atoms with Crippen LogP contribution in [0, 0.1) is 6.92 Å². The average Bonchev–Trinajstić information content (AvgIpc) is 2.44. The van der Waals surface area contributed by atoms with E-state index in [-0.39, 0.29) is 6.61 Å². The molecule has 0 saturated heterocycles. The Balaban J connectivity index is 2.78. The molecule has 0 radical (unpaired) electrons. The van der Waals surface area contributed by atoms with Crippen LogP contribution in [0.25, 0.3) is 5.52 Å². The van der Waals surface area contributed by atoms with E-state index < -0.39 is 0 Å². The van der Waals surface area contributed by atoms with Gasteiger partial charge in [0.25, 0.3) is 0 Å². The number of aliphatic hydroxyl groups is 1. The van der Waals surface area contributed by atoms with E-state index in [1.165, 1.54) is 0 Å². The lowest BCUT2D eigenvalue weighted by molar-refractivity contribution is 0.281. The quantitative estimate of drug-likeness (QED) is 0.682. The lowest BCUT2D eigenvalue weighted by Gasteiger charge is -1.92. The van der Waals surface area contributed by atoms with Gasteiger partial charge in [-0.3, -0.25) is 4.98 Å². The summed E-state index contributed by atoms with van der Waals surface area (Å²) in [7, 11) is 0. The molecule has 0 unspecified atom stereocenters. The molecule has 0 aliphatic rings. The van der Waals surface area contributed by atoms with Crippen LogP contribution in [0.1, 0.15) is 11.1 Å². The zero-order chi connectivity index (χ0) is 8.55. The van der Waals surface area contributed by atoms with E-state index in [1.54, 1.807) is 12.4 Å². The van der Waals surface area contributed by atoms with Gasteiger partial charge in [0.2, 0.25) is 0 Å². The first-order chi connectivity index (χ1) is 5.83. The third-order valence-corrected chi connectivity index (χ3v) is 2.12. The van der Waals surface area contributed by atoms with Crippen molar-refractivity contribution in [2.75, 3.05) is 0 Å². The van der Waals surface area contributed by atoms with Crippen molar-refractivity contribution in [2.24, 2.45) is 0 Å². The van der Waals surface area contributed by atoms with Gasteiger partial charge in [0.1, 0.15) is 0 Å². The molecule has 0 saturated carbocycles. The van der Waals surface area contributed by atoms with Gasteiger partial charge in [0.15, 0.2) is 0 Å². The summed E-state index contributed by atoms with van der Waals surface area (Å²) >= 11 is 0. The monoisotopic (exact) mass is 162 g/mol. The Hall–Kier alpha value is -1.35. The Morgan fingerprint density at radius 3 is 3.08 bits per heavy atom. The molecule has 2 heterocycles. The Morgan fingerprint density at radius 2 is 2.42 bits per heavy atom. The third kappa shape index (κ3) is 0.905. The minimum Gasteiger partial charge on any atom is -0.392 e. The van der Waals surface area contributed by atoms with Crippen LogP contribution in [0.15, 0.2) is 24.8 Å². The van der Waals surface area contributed by atoms with E-state index >= 15 is 0 Å². The molecule has 0 spiro atoms. The summed E-state index contributed by atoms with van der Waals surface area (Å²) in [4.78, 5) is 4.02. The van der Waals surface area contributed by atoms with Gasteiger partial charge in [-0.15, -0.1) is 0 Å². The van der Waals surface area contributed by atoms with Crippen LogP contribution in [0.2, 0.25) is 0 Å². The summed E-state index contributed by atoms with van der Waals surface area (Å²) in [5, 5.41) is 8.99. The maximum atomic E-state index is 8.99. The van der Waals surface area contributed by atoms with Crippen molar-refractivity contribution in [1.82, 2.24) is 9.38 Å². The first kappa shape index (κ1) is 7.31. The predicted octanol–water partition coefficient (Wildman–Crippen LogP) is 1.14. The molecule has 3 heteroatoms. The minimum atomic E-state index is 0.0908. The molecule has 3 nitrogen and oxygen atoms in total. The first-order valence-corrected chi connectivity index (χ1v) is 3.84. The Labute approximate surface area is 70.3 Å². The van der Waals surface area contributed by atoms with Crippen molar-refractivity contribution in [2.45, 2.75) is 13.5 Å². The second-order valence-electron chi connectivity index (χ2n) is 2.81. The highest BCUT2D eigenvalue weighted by atomic mass is 16.3. The second kappa shape index (κ2) is 2.60. The zero-order valence-electron chi connectivity index (χ0n) is 6.86. The summed E-state index contributed by atoms with van der Waals surface area (Å²) in [6.07, 6.45) is 7.33. The van der Waals surface area contributed by atoms with Gasteiger partial charge in [-0.2, -0.15) is 0 Å². The van der Waals surface area contributed by atoms with Crippen molar-refractivity contribution in [3.05, 3.63) is 35.9 Å². The van der Waals surface area contributed by atoms with E-state index in [2.05, 4.69) is 4.98 Å². The summed E-state index contributed by atoms with van der Waals surface area (Å²) in [5.74, 6) is 0. The predicted molar refractivity (Wildman–Crippen MR) is 45.9 cm³/mol. The molecule has 1 N–H and O–H groups in total. The van der Waals surface area contributed by atoms with Gasteiger partial charge in [-0.1, -0.05) is 0 Å². The molecule has 0 aromatic carbocycles. The number of nitrogens with zero attached hydrogens (tertiary/aromatic N) is 2. The smallest absolute Gasteiger partial charge is 0.0699 e. The molecule has 0 fully saturated rings. The topological polar surface area (TPSA) is 37.5 Å². The van der Waals surface area contributed by atoms with Crippen LogP contribution in [-0.4, -0.2) is 14.5 Å². The maximum absolute atomic E-state index is 8.99. The van der Waals surface area contributed by atoms with Crippen LogP contribution in [0.4, 0.5) is 0 Å². The zero-order valence-corrected chi connectivity index (χ0v) is 6.86. The number of aromatic nitrogens is 2. The minimum absolute atomic E-state index is 0.0908. The molecule has 0 amide bonds. The summed E-state index contributed by atoms with van der Waals surface area (Å²) < 4.78 is 1.97. The van der Waals surface area contributed by atoms with Gasteiger partial charge < -0.3 is 9.51 Å². The van der Waals surface area contributed by atoms with Crippen molar-refractivity contribution < 1.29 is 5.11 Å². The fraction of sp³-hybridized carbons (Fsp3) is 0.222. The average molecular weight is 162 g/mol. The fourth-order valence-corrected chi connectivity index (χ4v) is 1.36. The van der Waals surface area contributed by atoms with E-state index in [1.807, 2.05) is 23.7 Å². The number of hydrogen-bond donors (Lipinski definition) is 1. The maximum Gasteiger partial charge on any atom is 0.0699 e. The number of fused-ring (bicyclic) bond motifs is 1. The fourth-order valence-electron chi connectivity index (χ4n) is 1.36. The largest absolute Gasteiger partial charge is 0.392 e. The number of rotatable bonds is 1. The van der Waals surface area contributed by atoms with E-state index in [4.69, 9.17) is 5.11 Å². The normalized spacial score (nSPS) is 10.8. The molecular formula is C9H10N2O. The molecule has 2 rings (SSSR count). The highest BCUT2D eigenvalue weighted by molar-refractivity contribution is 5.56. The second-order valence-corrected chi connectivity index (χ2v) is 2.81. The van der Waals surface area contributed by atoms with Crippen LogP contribution in [0.5, 0.6) is 0 Å². The number of aliphatic hydroxyl groups excluding tert-OH is 1. The van der Waals surface area contributed by atoms with E-state index in [0.717, 1.165) is 16.6 Å². The van der Waals surface area contributed by atoms with Crippen molar-refractivity contribution in [3.63, 3.8) is 0 Å². The van der Waals surface area contributed by atoms with Gasteiger partial charge in [-0.25, -0.2) is 0 Å². The van der Waals surface area contributed by atoms with E-state index in [9.17, 15) is 0 Å². The highest BCUT2D eigenvalue weighted by Crippen LogP contribution is 2.15. The molecule has 62 valence electrons. The molecule has 0 bridgehead atoms. The number of aryl methyl sites for hydroxylation is 1. The van der Waals surface area contributed by atoms with Crippen LogP contribution in [0.3, 0.4) is 0 Å². The van der Waals surface area contributed by atoms with Crippen molar-refractivity contribution in [1.29, 1.82) is 0 Å². The van der Waals surface area contributed by atoms with E-state index in [0.29, 0.717) is 0 Å². The Morgan fingerprint density at radius 1 is 1.58 bits per heavy atom. The summed E-state index contributed by atoms with van der Waals surface area (Å²) in [5.41, 5.74) is 3.12. The van der Waals surface area contributed by atoms with Gasteiger partial charge in [-0.05, 0) is 18.1 Å². The Bertz CT molecular complexity index is 406. The molecule has 2 aromatic rings. The van der Waals surface area contributed by atoms with Crippen molar-refractivity contribution >= 4 is 5.52 Å². The number of hydrogen-bond acceptors (Lipinski definition) is 2. The molecule has 12 heavy (non-hydrogen) atoms. The molecular weight excluding hydrogens is 152 g/mol. The highest BCUT2D eigenvalue weighted by Gasteiger charge is 2.03. The van der Waals surface area contributed by atoms with Crippen LogP contribution >= 0.6 is 0 Å². The van der Waals surface area contributed by atoms with Crippen molar-refractivity contribution in [3.8, 4) is 0 Å². The standard InChI is InChI=1S/C9H10N2O/c1-7-8(6-12)5-11-3-2-10-4-9(7)11/h2-5,12H,6H2,1H3. The first-order valence-electron chi connectivity index (χ1n) is 3.84. The van der Waals surface area contributed by atoms with Crippen LogP contribution < -0.4 is 0 Å². The molecule has 0 aliphatic carbocycles. The molecule has 0 aliphatic heterocycles. The van der Waals surface area contributed by atoms with Gasteiger partial charge in [0.05, 0.1) is 18.3 Å². The Kier molecular flexibility index (Phi) is 1.59. The lowest BCUT2D eigenvalue weighted by atomic mass is 10.2. The molecule has 0 atom stereocenters.